The first kappa shape index (κ1) is 18.3. The summed E-state index contributed by atoms with van der Waals surface area (Å²) >= 11 is 0. The van der Waals surface area contributed by atoms with Gasteiger partial charge in [0.1, 0.15) is 0 Å². The molecular weight excluding hydrogens is 256 g/mol. The third-order valence-electron chi connectivity index (χ3n) is 4.92. The molecule has 2 aliphatic rings. The van der Waals surface area contributed by atoms with E-state index in [1.807, 2.05) is 13.8 Å². The van der Waals surface area contributed by atoms with Gasteiger partial charge in [-0.05, 0) is 57.5 Å². The molecule has 0 N–H and O–H groups in total. The van der Waals surface area contributed by atoms with E-state index in [4.69, 9.17) is 0 Å². The predicted molar refractivity (Wildman–Crippen MR) is 94.4 cm³/mol. The van der Waals surface area contributed by atoms with Gasteiger partial charge in [-0.15, -0.1) is 0 Å². The zero-order valence-corrected chi connectivity index (χ0v) is 14.8. The first-order valence-electron chi connectivity index (χ1n) is 8.86. The van der Waals surface area contributed by atoms with Gasteiger partial charge in [-0.25, -0.2) is 0 Å². The highest BCUT2D eigenvalue weighted by atomic mass is 15.2. The molecule has 0 spiro atoms. The molecular formula is C19H36N2. The summed E-state index contributed by atoms with van der Waals surface area (Å²) in [5.41, 5.74) is 2.69. The summed E-state index contributed by atoms with van der Waals surface area (Å²) in [5, 5.41) is 0. The van der Waals surface area contributed by atoms with Crippen molar-refractivity contribution >= 4 is 0 Å². The molecule has 0 saturated carbocycles. The summed E-state index contributed by atoms with van der Waals surface area (Å²) in [6, 6.07) is 0. The van der Waals surface area contributed by atoms with Crippen molar-refractivity contribution in [1.29, 1.82) is 0 Å². The van der Waals surface area contributed by atoms with Crippen LogP contribution in [0.2, 0.25) is 0 Å². The second kappa shape index (κ2) is 9.30. The van der Waals surface area contributed by atoms with E-state index < -0.39 is 0 Å². The Hall–Kier alpha value is -0.760. The third kappa shape index (κ3) is 5.86. The van der Waals surface area contributed by atoms with Crippen LogP contribution in [0.15, 0.2) is 24.4 Å². The van der Waals surface area contributed by atoms with E-state index >= 15 is 0 Å². The third-order valence-corrected chi connectivity index (χ3v) is 4.92. The number of nitrogens with zero attached hydrogens (tertiary/aromatic N) is 2. The van der Waals surface area contributed by atoms with Crippen LogP contribution in [0, 0.1) is 11.8 Å². The molecule has 0 aromatic heterocycles. The van der Waals surface area contributed by atoms with Crippen molar-refractivity contribution < 1.29 is 0 Å². The van der Waals surface area contributed by atoms with Gasteiger partial charge in [-0.2, -0.15) is 0 Å². The van der Waals surface area contributed by atoms with Gasteiger partial charge >= 0.3 is 0 Å². The highest BCUT2D eigenvalue weighted by Crippen LogP contribution is 2.25. The fourth-order valence-corrected chi connectivity index (χ4v) is 3.27. The largest absolute Gasteiger partial charge is 0.374 e. The predicted octanol–water partition coefficient (Wildman–Crippen LogP) is 4.55. The fourth-order valence-electron chi connectivity index (χ4n) is 3.27. The maximum absolute atomic E-state index is 4.32. The van der Waals surface area contributed by atoms with Crippen molar-refractivity contribution in [2.45, 2.75) is 53.4 Å². The van der Waals surface area contributed by atoms with Crippen LogP contribution in [-0.4, -0.2) is 42.5 Å². The lowest BCUT2D eigenvalue weighted by atomic mass is 9.91. The average molecular weight is 293 g/mol. The number of likely N-dealkylation sites (tertiary alicyclic amines) is 2. The van der Waals surface area contributed by atoms with Gasteiger partial charge in [0.25, 0.3) is 0 Å². The van der Waals surface area contributed by atoms with E-state index in [1.54, 1.807) is 0 Å². The topological polar surface area (TPSA) is 6.48 Å². The molecule has 2 fully saturated rings. The molecule has 0 radical (unpaired) electrons. The monoisotopic (exact) mass is 292 g/mol. The van der Waals surface area contributed by atoms with Crippen LogP contribution >= 0.6 is 0 Å². The summed E-state index contributed by atoms with van der Waals surface area (Å²) in [5.74, 6) is 1.65. The van der Waals surface area contributed by atoms with Crippen molar-refractivity contribution in [2.24, 2.45) is 11.8 Å². The van der Waals surface area contributed by atoms with E-state index in [-0.39, 0.29) is 0 Å². The maximum Gasteiger partial charge on any atom is 0.0377 e. The van der Waals surface area contributed by atoms with Gasteiger partial charge in [0.05, 0.1) is 0 Å². The Morgan fingerprint density at radius 1 is 0.952 bits per heavy atom. The minimum atomic E-state index is 0.736. The van der Waals surface area contributed by atoms with Gasteiger partial charge in [-0.3, -0.25) is 4.90 Å². The highest BCUT2D eigenvalue weighted by molar-refractivity contribution is 5.04. The molecule has 2 heterocycles. The summed E-state index contributed by atoms with van der Waals surface area (Å²) in [6.45, 7) is 22.9. The van der Waals surface area contributed by atoms with Crippen LogP contribution < -0.4 is 0 Å². The smallest absolute Gasteiger partial charge is 0.0377 e. The number of hydrogen-bond donors (Lipinski definition) is 0. The average Bonchev–Trinajstić information content (AvgIpc) is 2.51. The molecule has 0 unspecified atom stereocenters. The van der Waals surface area contributed by atoms with Crippen LogP contribution in [0.5, 0.6) is 0 Å². The van der Waals surface area contributed by atoms with E-state index in [2.05, 4.69) is 36.8 Å². The Kier molecular flexibility index (Phi) is 8.10. The molecule has 0 aliphatic carbocycles. The van der Waals surface area contributed by atoms with E-state index in [0.717, 1.165) is 18.4 Å². The van der Waals surface area contributed by atoms with Crippen LogP contribution in [0.3, 0.4) is 0 Å². The van der Waals surface area contributed by atoms with E-state index in [9.17, 15) is 0 Å². The molecule has 0 bridgehead atoms. The minimum absolute atomic E-state index is 0.736. The zero-order chi connectivity index (χ0) is 15.8. The Bertz CT molecular complexity index is 318. The quantitative estimate of drug-likeness (QED) is 0.702. The minimum Gasteiger partial charge on any atom is -0.374 e. The van der Waals surface area contributed by atoms with E-state index in [1.165, 1.54) is 63.1 Å². The summed E-state index contributed by atoms with van der Waals surface area (Å²) in [7, 11) is 0. The Labute approximate surface area is 132 Å². The van der Waals surface area contributed by atoms with Crippen molar-refractivity contribution in [1.82, 2.24) is 9.80 Å². The molecule has 2 aliphatic heterocycles. The second-order valence-corrected chi connectivity index (χ2v) is 6.63. The Morgan fingerprint density at radius 2 is 1.48 bits per heavy atom. The molecule has 2 nitrogen and oxygen atoms in total. The van der Waals surface area contributed by atoms with Gasteiger partial charge in [0, 0.05) is 25.3 Å². The van der Waals surface area contributed by atoms with Crippen molar-refractivity contribution in [2.75, 3.05) is 32.7 Å². The first-order chi connectivity index (χ1) is 10.1. The molecule has 0 atom stereocenters. The second-order valence-electron chi connectivity index (χ2n) is 6.63. The van der Waals surface area contributed by atoms with Crippen LogP contribution in [-0.2, 0) is 0 Å². The number of allylic oxidation sites excluding steroid dienone is 1. The molecule has 0 aromatic carbocycles. The molecule has 0 aromatic rings. The highest BCUT2D eigenvalue weighted by Gasteiger charge is 2.22. The summed E-state index contributed by atoms with van der Waals surface area (Å²) in [4.78, 5) is 5.07. The van der Waals surface area contributed by atoms with Crippen molar-refractivity contribution in [3.63, 3.8) is 0 Å². The maximum atomic E-state index is 4.32. The normalized spacial score (nSPS) is 21.6. The number of piperidine rings is 2. The zero-order valence-electron chi connectivity index (χ0n) is 14.8. The number of hydrogen-bond acceptors (Lipinski definition) is 2. The van der Waals surface area contributed by atoms with Crippen molar-refractivity contribution in [3.8, 4) is 0 Å². The van der Waals surface area contributed by atoms with Crippen LogP contribution in [0.4, 0.5) is 0 Å². The van der Waals surface area contributed by atoms with Gasteiger partial charge in [-0.1, -0.05) is 39.5 Å². The lowest BCUT2D eigenvalue weighted by molar-refractivity contribution is 0.174. The lowest BCUT2D eigenvalue weighted by Crippen LogP contribution is -2.40. The fraction of sp³-hybridized carbons (Fsp3) is 0.789. The Balaban J connectivity index is 0.00000106. The van der Waals surface area contributed by atoms with Gasteiger partial charge in [0.2, 0.25) is 0 Å². The van der Waals surface area contributed by atoms with Gasteiger partial charge < -0.3 is 4.90 Å². The van der Waals surface area contributed by atoms with Gasteiger partial charge in [0.15, 0.2) is 0 Å². The van der Waals surface area contributed by atoms with Crippen LogP contribution in [0.1, 0.15) is 53.4 Å². The summed E-state index contributed by atoms with van der Waals surface area (Å²) in [6.07, 6.45) is 5.22. The SMILES string of the molecule is C=C(C)C1CCN(C(=C)CN2CCC(C)CC2)CC1.CC. The number of rotatable bonds is 4. The molecule has 2 rings (SSSR count). The molecule has 122 valence electrons. The standard InChI is InChI=1S/C17H30N2.C2H6/c1-14(2)17-7-11-19(12-8-17)16(4)13-18-9-5-15(3)6-10-18;1-2/h15,17H,1,4-13H2,2-3H3;1-2H3. The lowest BCUT2D eigenvalue weighted by Gasteiger charge is -2.38. The Morgan fingerprint density at radius 3 is 1.95 bits per heavy atom. The molecule has 0 amide bonds. The first-order valence-corrected chi connectivity index (χ1v) is 8.86. The summed E-state index contributed by atoms with van der Waals surface area (Å²) < 4.78 is 0. The van der Waals surface area contributed by atoms with E-state index in [0.29, 0.717) is 0 Å². The molecule has 2 heteroatoms. The van der Waals surface area contributed by atoms with Crippen molar-refractivity contribution in [3.05, 3.63) is 24.4 Å². The molecule has 21 heavy (non-hydrogen) atoms. The van der Waals surface area contributed by atoms with Crippen LogP contribution in [0.25, 0.3) is 0 Å². The molecule has 2 saturated heterocycles.